The van der Waals surface area contributed by atoms with Crippen molar-refractivity contribution in [2.24, 2.45) is 5.92 Å². The summed E-state index contributed by atoms with van der Waals surface area (Å²) in [5.41, 5.74) is 0.735. The number of hydrogen-bond donors (Lipinski definition) is 0. The van der Waals surface area contributed by atoms with Crippen LogP contribution >= 0.6 is 0 Å². The number of halogens is 1. The van der Waals surface area contributed by atoms with Crippen molar-refractivity contribution in [3.63, 3.8) is 0 Å². The van der Waals surface area contributed by atoms with Crippen LogP contribution in [-0.2, 0) is 11.3 Å². The van der Waals surface area contributed by atoms with E-state index in [1.54, 1.807) is 16.8 Å². The van der Waals surface area contributed by atoms with Crippen LogP contribution < -0.4 is 0 Å². The fourth-order valence-corrected chi connectivity index (χ4v) is 3.00. The molecule has 126 valence electrons. The predicted octanol–water partition coefficient (Wildman–Crippen LogP) is 0.856. The summed E-state index contributed by atoms with van der Waals surface area (Å²) in [5.74, 6) is 1.02. The molecule has 0 radical (unpaired) electrons. The number of hydrogen-bond acceptors (Lipinski definition) is 5. The van der Waals surface area contributed by atoms with Crippen molar-refractivity contribution >= 4 is 5.91 Å². The minimum Gasteiger partial charge on any atom is -0.340 e. The van der Waals surface area contributed by atoms with Gasteiger partial charge in [-0.15, -0.1) is 5.10 Å². The third-order valence-electron chi connectivity index (χ3n) is 4.58. The summed E-state index contributed by atoms with van der Waals surface area (Å²) < 4.78 is 14.7. The van der Waals surface area contributed by atoms with E-state index in [4.69, 9.17) is 0 Å². The Kier molecular flexibility index (Phi) is 3.97. The first-order chi connectivity index (χ1) is 11.7. The number of rotatable bonds is 4. The third-order valence-corrected chi connectivity index (χ3v) is 4.58. The molecule has 0 N–H and O–H groups in total. The van der Waals surface area contributed by atoms with Crippen LogP contribution in [0.3, 0.4) is 0 Å². The summed E-state index contributed by atoms with van der Waals surface area (Å²) in [6, 6.07) is 6.09. The first-order valence-electron chi connectivity index (χ1n) is 8.25. The highest BCUT2D eigenvalue weighted by molar-refractivity contribution is 5.81. The van der Waals surface area contributed by atoms with Gasteiger partial charge in [0.2, 0.25) is 5.91 Å². The number of piperazine rings is 1. The molecule has 2 aliphatic rings. The number of carbonyl (C=O) groups is 1. The van der Waals surface area contributed by atoms with E-state index in [2.05, 4.69) is 20.4 Å². The number of aromatic nitrogens is 4. The van der Waals surface area contributed by atoms with E-state index in [1.165, 1.54) is 12.1 Å². The van der Waals surface area contributed by atoms with Crippen LogP contribution in [-0.4, -0.2) is 62.1 Å². The Balaban J connectivity index is 1.39. The Bertz CT molecular complexity index is 718. The monoisotopic (exact) mass is 330 g/mol. The van der Waals surface area contributed by atoms with Gasteiger partial charge in [-0.2, -0.15) is 4.68 Å². The zero-order valence-electron chi connectivity index (χ0n) is 13.3. The van der Waals surface area contributed by atoms with E-state index >= 15 is 0 Å². The lowest BCUT2D eigenvalue weighted by molar-refractivity contribution is -0.134. The van der Waals surface area contributed by atoms with Gasteiger partial charge in [0.1, 0.15) is 5.82 Å². The van der Waals surface area contributed by atoms with Crippen molar-refractivity contribution in [2.45, 2.75) is 19.4 Å². The topological polar surface area (TPSA) is 67.2 Å². The van der Waals surface area contributed by atoms with Crippen LogP contribution in [0.15, 0.2) is 24.3 Å². The van der Waals surface area contributed by atoms with Gasteiger partial charge in [0.15, 0.2) is 5.82 Å². The highest BCUT2D eigenvalue weighted by atomic mass is 19.1. The molecule has 0 bridgehead atoms. The van der Waals surface area contributed by atoms with Crippen molar-refractivity contribution in [3.05, 3.63) is 35.9 Å². The second-order valence-electron chi connectivity index (χ2n) is 6.36. The van der Waals surface area contributed by atoms with Crippen molar-refractivity contribution < 1.29 is 9.18 Å². The number of tetrazole rings is 1. The molecule has 8 heteroatoms. The molecule has 1 amide bonds. The molecule has 1 aromatic carbocycles. The molecule has 24 heavy (non-hydrogen) atoms. The van der Waals surface area contributed by atoms with Gasteiger partial charge < -0.3 is 4.90 Å². The first-order valence-corrected chi connectivity index (χ1v) is 8.25. The van der Waals surface area contributed by atoms with Crippen molar-refractivity contribution in [1.82, 2.24) is 30.0 Å². The summed E-state index contributed by atoms with van der Waals surface area (Å²) in [4.78, 5) is 16.3. The quantitative estimate of drug-likeness (QED) is 0.832. The number of benzene rings is 1. The van der Waals surface area contributed by atoms with Gasteiger partial charge in [-0.25, -0.2) is 4.39 Å². The molecular weight excluding hydrogens is 311 g/mol. The average Bonchev–Trinajstić information content (AvgIpc) is 3.36. The fourth-order valence-electron chi connectivity index (χ4n) is 3.00. The lowest BCUT2D eigenvalue weighted by atomic mass is 10.2. The molecule has 0 atom stereocenters. The van der Waals surface area contributed by atoms with Crippen LogP contribution in [0.25, 0.3) is 5.69 Å². The maximum Gasteiger partial charge on any atom is 0.225 e. The molecule has 2 aromatic rings. The van der Waals surface area contributed by atoms with E-state index in [0.29, 0.717) is 18.3 Å². The Hall–Kier alpha value is -2.35. The van der Waals surface area contributed by atoms with E-state index < -0.39 is 0 Å². The molecule has 1 aliphatic carbocycles. The zero-order chi connectivity index (χ0) is 16.5. The minimum absolute atomic E-state index is 0.280. The van der Waals surface area contributed by atoms with Crippen molar-refractivity contribution in [1.29, 1.82) is 0 Å². The lowest BCUT2D eigenvalue weighted by Crippen LogP contribution is -2.49. The molecule has 1 saturated carbocycles. The normalized spacial score (nSPS) is 18.8. The van der Waals surface area contributed by atoms with E-state index in [9.17, 15) is 9.18 Å². The van der Waals surface area contributed by atoms with Gasteiger partial charge in [0.05, 0.1) is 12.2 Å². The molecule has 7 nitrogen and oxygen atoms in total. The summed E-state index contributed by atoms with van der Waals surface area (Å²) in [7, 11) is 0. The molecule has 4 rings (SSSR count). The SMILES string of the molecule is O=C(C1CC1)N1CCN(Cc2nnnn2-c2ccc(F)cc2)CC1. The largest absolute Gasteiger partial charge is 0.340 e. The smallest absolute Gasteiger partial charge is 0.225 e. The Morgan fingerprint density at radius 2 is 1.83 bits per heavy atom. The minimum atomic E-state index is -0.287. The zero-order valence-corrected chi connectivity index (χ0v) is 13.3. The molecule has 2 fully saturated rings. The Labute approximate surface area is 139 Å². The van der Waals surface area contributed by atoms with Gasteiger partial charge in [-0.3, -0.25) is 9.69 Å². The molecule has 1 aromatic heterocycles. The van der Waals surface area contributed by atoms with Gasteiger partial charge in [-0.1, -0.05) is 0 Å². The predicted molar refractivity (Wildman–Crippen MR) is 83.7 cm³/mol. The van der Waals surface area contributed by atoms with Crippen LogP contribution in [0.5, 0.6) is 0 Å². The van der Waals surface area contributed by atoms with E-state index in [0.717, 1.165) is 44.7 Å². The molecule has 0 spiro atoms. The van der Waals surface area contributed by atoms with E-state index in [1.807, 2.05) is 4.90 Å². The maximum absolute atomic E-state index is 13.1. The average molecular weight is 330 g/mol. The number of amides is 1. The molecular formula is C16H19FN6O. The standard InChI is InChI=1S/C16H19FN6O/c17-13-3-5-14(6-4-13)23-15(18-19-20-23)11-21-7-9-22(10-8-21)16(24)12-1-2-12/h3-6,12H,1-2,7-11H2. The highest BCUT2D eigenvalue weighted by Gasteiger charge is 2.34. The summed E-state index contributed by atoms with van der Waals surface area (Å²) >= 11 is 0. The van der Waals surface area contributed by atoms with Gasteiger partial charge in [0.25, 0.3) is 0 Å². The molecule has 1 saturated heterocycles. The van der Waals surface area contributed by atoms with Crippen LogP contribution in [0.4, 0.5) is 4.39 Å². The third kappa shape index (κ3) is 3.14. The fraction of sp³-hybridized carbons (Fsp3) is 0.500. The molecule has 2 heterocycles. The summed E-state index contributed by atoms with van der Waals surface area (Å²) in [5, 5.41) is 11.8. The van der Waals surface area contributed by atoms with Crippen molar-refractivity contribution in [3.8, 4) is 5.69 Å². The van der Waals surface area contributed by atoms with Gasteiger partial charge in [-0.05, 0) is 47.5 Å². The lowest BCUT2D eigenvalue weighted by Gasteiger charge is -2.34. The Morgan fingerprint density at radius 3 is 2.50 bits per heavy atom. The summed E-state index contributed by atoms with van der Waals surface area (Å²) in [6.45, 7) is 3.75. The second-order valence-corrected chi connectivity index (χ2v) is 6.36. The number of nitrogens with zero attached hydrogens (tertiary/aromatic N) is 6. The van der Waals surface area contributed by atoms with Gasteiger partial charge in [0, 0.05) is 32.1 Å². The summed E-state index contributed by atoms with van der Waals surface area (Å²) in [6.07, 6.45) is 2.09. The number of carbonyl (C=O) groups excluding carboxylic acids is 1. The molecule has 0 unspecified atom stereocenters. The molecule has 1 aliphatic heterocycles. The maximum atomic E-state index is 13.1. The van der Waals surface area contributed by atoms with E-state index in [-0.39, 0.29) is 11.7 Å². The Morgan fingerprint density at radius 1 is 1.12 bits per heavy atom. The second kappa shape index (κ2) is 6.27. The highest BCUT2D eigenvalue weighted by Crippen LogP contribution is 2.31. The van der Waals surface area contributed by atoms with Crippen LogP contribution in [0.2, 0.25) is 0 Å². The van der Waals surface area contributed by atoms with Crippen LogP contribution in [0, 0.1) is 11.7 Å². The van der Waals surface area contributed by atoms with Crippen molar-refractivity contribution in [2.75, 3.05) is 26.2 Å². The van der Waals surface area contributed by atoms with Gasteiger partial charge >= 0.3 is 0 Å². The van der Waals surface area contributed by atoms with Crippen LogP contribution in [0.1, 0.15) is 18.7 Å². The first kappa shape index (κ1) is 15.2.